The molecule has 0 atom stereocenters. The number of nitro benzene ring substituents is 1. The Morgan fingerprint density at radius 1 is 1.18 bits per heavy atom. The van der Waals surface area contributed by atoms with E-state index in [2.05, 4.69) is 4.72 Å². The van der Waals surface area contributed by atoms with E-state index in [0.717, 1.165) is 11.6 Å². The van der Waals surface area contributed by atoms with Gasteiger partial charge in [0.15, 0.2) is 4.90 Å². The van der Waals surface area contributed by atoms with Crippen LogP contribution in [0, 0.1) is 17.0 Å². The van der Waals surface area contributed by atoms with Crippen molar-refractivity contribution >= 4 is 21.4 Å². The van der Waals surface area contributed by atoms with Crippen LogP contribution in [0.1, 0.15) is 5.56 Å². The molecule has 0 unspecified atom stereocenters. The highest BCUT2D eigenvalue weighted by Gasteiger charge is 2.26. The van der Waals surface area contributed by atoms with Crippen molar-refractivity contribution in [3.05, 3.63) is 58.1 Å². The van der Waals surface area contributed by atoms with E-state index in [0.29, 0.717) is 5.75 Å². The number of hydrogen-bond donors (Lipinski definition) is 1. The van der Waals surface area contributed by atoms with Crippen LogP contribution in [0.2, 0.25) is 0 Å². The number of methoxy groups -OCH3 is 1. The van der Waals surface area contributed by atoms with Gasteiger partial charge in [0.25, 0.3) is 15.7 Å². The highest BCUT2D eigenvalue weighted by Crippen LogP contribution is 2.30. The summed E-state index contributed by atoms with van der Waals surface area (Å²) in [5.41, 5.74) is 0.559. The minimum atomic E-state index is -4.11. The normalized spacial score (nSPS) is 11.0. The van der Waals surface area contributed by atoms with E-state index in [-0.39, 0.29) is 5.69 Å². The van der Waals surface area contributed by atoms with E-state index < -0.39 is 25.5 Å². The van der Waals surface area contributed by atoms with Gasteiger partial charge in [-0.1, -0.05) is 18.2 Å². The molecule has 2 rings (SSSR count). The molecule has 0 aliphatic rings. The lowest BCUT2D eigenvalue weighted by atomic mass is 10.2. The van der Waals surface area contributed by atoms with Gasteiger partial charge in [-0.15, -0.1) is 0 Å². The molecule has 1 N–H and O–H groups in total. The Morgan fingerprint density at radius 2 is 1.86 bits per heavy atom. The average molecular weight is 322 g/mol. The molecule has 8 heteroatoms. The molecular weight excluding hydrogens is 308 g/mol. The predicted molar refractivity (Wildman–Crippen MR) is 81.6 cm³/mol. The molecule has 0 amide bonds. The summed E-state index contributed by atoms with van der Waals surface area (Å²) >= 11 is 0. The summed E-state index contributed by atoms with van der Waals surface area (Å²) < 4.78 is 32.3. The van der Waals surface area contributed by atoms with Gasteiger partial charge >= 0.3 is 0 Å². The monoisotopic (exact) mass is 322 g/mol. The third kappa shape index (κ3) is 3.17. The Balaban J connectivity index is 2.50. The molecule has 2 aromatic carbocycles. The van der Waals surface area contributed by atoms with Crippen LogP contribution in [-0.2, 0) is 10.0 Å². The lowest BCUT2D eigenvalue weighted by Gasteiger charge is -2.12. The van der Waals surface area contributed by atoms with E-state index in [9.17, 15) is 18.5 Å². The molecule has 0 aromatic heterocycles. The Morgan fingerprint density at radius 3 is 2.50 bits per heavy atom. The standard InChI is InChI=1S/C14H14N2O5S/c1-10-7-8-13(21-2)11(9-10)15-22(19,20)14-6-4-3-5-12(14)16(17)18/h3-9,15H,1-2H3. The molecule has 0 saturated heterocycles. The number of anilines is 1. The number of nitro groups is 1. The summed E-state index contributed by atoms with van der Waals surface area (Å²) in [5.74, 6) is 0.327. The summed E-state index contributed by atoms with van der Waals surface area (Å²) in [7, 11) is -2.70. The largest absolute Gasteiger partial charge is 0.495 e. The van der Waals surface area contributed by atoms with Crippen molar-refractivity contribution in [1.29, 1.82) is 0 Å². The predicted octanol–water partition coefficient (Wildman–Crippen LogP) is 2.71. The first-order valence-electron chi connectivity index (χ1n) is 6.26. The molecule has 0 bridgehead atoms. The van der Waals surface area contributed by atoms with Crippen molar-refractivity contribution in [2.45, 2.75) is 11.8 Å². The third-order valence-corrected chi connectivity index (χ3v) is 4.36. The molecule has 0 heterocycles. The van der Waals surface area contributed by atoms with Gasteiger partial charge in [0.2, 0.25) is 0 Å². The van der Waals surface area contributed by atoms with Gasteiger partial charge in [-0.3, -0.25) is 14.8 Å². The van der Waals surface area contributed by atoms with Gasteiger partial charge in [-0.2, -0.15) is 0 Å². The van der Waals surface area contributed by atoms with Crippen molar-refractivity contribution in [1.82, 2.24) is 0 Å². The number of ether oxygens (including phenoxy) is 1. The fourth-order valence-corrected chi connectivity index (χ4v) is 3.17. The van der Waals surface area contributed by atoms with Gasteiger partial charge in [-0.25, -0.2) is 8.42 Å². The minimum absolute atomic E-state index is 0.223. The number of benzene rings is 2. The highest BCUT2D eigenvalue weighted by molar-refractivity contribution is 7.92. The van der Waals surface area contributed by atoms with Gasteiger partial charge in [0.05, 0.1) is 17.7 Å². The first-order valence-corrected chi connectivity index (χ1v) is 7.74. The second-order valence-electron chi connectivity index (χ2n) is 4.53. The van der Waals surface area contributed by atoms with E-state index in [1.165, 1.54) is 25.3 Å². The molecule has 0 aliphatic carbocycles. The topological polar surface area (TPSA) is 98.5 Å². The third-order valence-electron chi connectivity index (χ3n) is 2.95. The molecule has 7 nitrogen and oxygen atoms in total. The maximum atomic E-state index is 12.4. The molecule has 2 aromatic rings. The van der Waals surface area contributed by atoms with E-state index in [4.69, 9.17) is 4.74 Å². The summed E-state index contributed by atoms with van der Waals surface area (Å²) in [5, 5.41) is 11.0. The summed E-state index contributed by atoms with van der Waals surface area (Å²) in [6, 6.07) is 10.1. The number of sulfonamides is 1. The summed E-state index contributed by atoms with van der Waals surface area (Å²) in [4.78, 5) is 9.85. The van der Waals surface area contributed by atoms with E-state index in [1.54, 1.807) is 25.1 Å². The van der Waals surface area contributed by atoms with Crippen LogP contribution in [0.3, 0.4) is 0 Å². The van der Waals surface area contributed by atoms with Crippen molar-refractivity contribution in [2.24, 2.45) is 0 Å². The van der Waals surface area contributed by atoms with Gasteiger partial charge < -0.3 is 4.74 Å². The van der Waals surface area contributed by atoms with Crippen LogP contribution in [0.15, 0.2) is 47.4 Å². The quantitative estimate of drug-likeness (QED) is 0.674. The number of para-hydroxylation sites is 1. The van der Waals surface area contributed by atoms with Gasteiger partial charge in [0, 0.05) is 6.07 Å². The summed E-state index contributed by atoms with van der Waals surface area (Å²) in [6.45, 7) is 1.79. The Kier molecular flexibility index (Phi) is 4.32. The Bertz CT molecular complexity index is 818. The fraction of sp³-hybridized carbons (Fsp3) is 0.143. The number of hydrogen-bond acceptors (Lipinski definition) is 5. The zero-order valence-corrected chi connectivity index (χ0v) is 12.8. The molecule has 116 valence electrons. The average Bonchev–Trinajstić information content (AvgIpc) is 2.47. The molecule has 0 fully saturated rings. The zero-order chi connectivity index (χ0) is 16.3. The summed E-state index contributed by atoms with van der Waals surface area (Å²) in [6.07, 6.45) is 0. The lowest BCUT2D eigenvalue weighted by molar-refractivity contribution is -0.387. The van der Waals surface area contributed by atoms with E-state index >= 15 is 0 Å². The Labute approximate surface area is 127 Å². The number of nitrogens with one attached hydrogen (secondary N) is 1. The molecule has 0 spiro atoms. The maximum absolute atomic E-state index is 12.4. The molecule has 0 aliphatic heterocycles. The van der Waals surface area contributed by atoms with Crippen molar-refractivity contribution in [2.75, 3.05) is 11.8 Å². The van der Waals surface area contributed by atoms with E-state index in [1.807, 2.05) is 0 Å². The SMILES string of the molecule is COc1ccc(C)cc1NS(=O)(=O)c1ccccc1[N+](=O)[O-]. The lowest BCUT2D eigenvalue weighted by Crippen LogP contribution is -2.15. The van der Waals surface area contributed by atoms with Crippen LogP contribution < -0.4 is 9.46 Å². The van der Waals surface area contributed by atoms with Crippen LogP contribution in [0.5, 0.6) is 5.75 Å². The molecule has 22 heavy (non-hydrogen) atoms. The van der Waals surface area contributed by atoms with Gasteiger partial charge in [0.1, 0.15) is 5.75 Å². The first-order chi connectivity index (χ1) is 10.3. The zero-order valence-electron chi connectivity index (χ0n) is 11.9. The van der Waals surface area contributed by atoms with Crippen LogP contribution in [0.4, 0.5) is 11.4 Å². The number of nitrogens with zero attached hydrogens (tertiary/aromatic N) is 1. The first kappa shape index (κ1) is 15.8. The molecular formula is C14H14N2O5S. The maximum Gasteiger partial charge on any atom is 0.289 e. The fourth-order valence-electron chi connectivity index (χ4n) is 1.94. The second-order valence-corrected chi connectivity index (χ2v) is 6.18. The van der Waals surface area contributed by atoms with Crippen LogP contribution >= 0.6 is 0 Å². The number of rotatable bonds is 5. The molecule has 0 saturated carbocycles. The van der Waals surface area contributed by atoms with Crippen molar-refractivity contribution < 1.29 is 18.1 Å². The van der Waals surface area contributed by atoms with Crippen LogP contribution in [-0.4, -0.2) is 20.5 Å². The van der Waals surface area contributed by atoms with Crippen molar-refractivity contribution in [3.63, 3.8) is 0 Å². The van der Waals surface area contributed by atoms with Crippen molar-refractivity contribution in [3.8, 4) is 5.75 Å². The smallest absolute Gasteiger partial charge is 0.289 e. The van der Waals surface area contributed by atoms with Crippen LogP contribution in [0.25, 0.3) is 0 Å². The Hall–Kier alpha value is -2.61. The highest BCUT2D eigenvalue weighted by atomic mass is 32.2. The minimum Gasteiger partial charge on any atom is -0.495 e. The number of aryl methyl sites for hydroxylation is 1. The second kappa shape index (κ2) is 6.02. The molecule has 0 radical (unpaired) electrons. The van der Waals surface area contributed by atoms with Gasteiger partial charge in [-0.05, 0) is 30.7 Å².